The number of fused-ring (bicyclic) bond motifs is 1. The van der Waals surface area contributed by atoms with E-state index >= 15 is 0 Å². The number of para-hydroxylation sites is 1. The van der Waals surface area contributed by atoms with E-state index in [0.29, 0.717) is 0 Å². The molecule has 1 aromatic carbocycles. The lowest BCUT2D eigenvalue weighted by Gasteiger charge is -2.22. The van der Waals surface area contributed by atoms with Crippen molar-refractivity contribution >= 4 is 10.9 Å². The molecule has 0 amide bonds. The highest BCUT2D eigenvalue weighted by atomic mass is 15.3. The number of aromatic amines is 1. The van der Waals surface area contributed by atoms with Crippen molar-refractivity contribution in [3.8, 4) is 11.4 Å². The van der Waals surface area contributed by atoms with Crippen LogP contribution >= 0.6 is 0 Å². The fraction of sp³-hybridized carbons (Fsp3) is 0.316. The van der Waals surface area contributed by atoms with E-state index in [1.807, 2.05) is 0 Å². The maximum Gasteiger partial charge on any atom is 0.228 e. The smallest absolute Gasteiger partial charge is 0.228 e. The molecule has 2 aromatic heterocycles. The second-order valence-corrected chi connectivity index (χ2v) is 6.92. The molecule has 0 fully saturated rings. The topological polar surface area (TPSA) is 19.7 Å². The van der Waals surface area contributed by atoms with Crippen LogP contribution in [0.3, 0.4) is 0 Å². The van der Waals surface area contributed by atoms with Crippen LogP contribution in [0.4, 0.5) is 0 Å². The van der Waals surface area contributed by atoms with Gasteiger partial charge in [0.2, 0.25) is 5.69 Å². The molecule has 0 bridgehead atoms. The molecule has 3 aromatic rings. The Hall–Kier alpha value is -2.13. The van der Waals surface area contributed by atoms with Gasteiger partial charge < -0.3 is 9.47 Å². The second kappa shape index (κ2) is 5.93. The monoisotopic (exact) mass is 295 g/mol. The van der Waals surface area contributed by atoms with Crippen LogP contribution in [-0.4, -0.2) is 37.2 Å². The van der Waals surface area contributed by atoms with E-state index in [1.165, 1.54) is 35.3 Å². The van der Waals surface area contributed by atoms with E-state index in [2.05, 4.69) is 85.4 Å². The summed E-state index contributed by atoms with van der Waals surface area (Å²) >= 11 is 0. The number of quaternary nitrogens is 1. The Morgan fingerprint density at radius 2 is 1.77 bits per heavy atom. The average molecular weight is 295 g/mol. The quantitative estimate of drug-likeness (QED) is 0.551. The van der Waals surface area contributed by atoms with Crippen molar-refractivity contribution in [1.29, 1.82) is 0 Å². The second-order valence-electron chi connectivity index (χ2n) is 6.92. The summed E-state index contributed by atoms with van der Waals surface area (Å²) in [6.45, 7) is 2.22. The van der Waals surface area contributed by atoms with Gasteiger partial charge in [-0.1, -0.05) is 18.2 Å². The van der Waals surface area contributed by atoms with Gasteiger partial charge in [-0.3, -0.25) is 0 Å². The minimum atomic E-state index is 1.01. The van der Waals surface area contributed by atoms with Gasteiger partial charge in [0.1, 0.15) is 5.69 Å². The summed E-state index contributed by atoms with van der Waals surface area (Å²) in [6, 6.07) is 17.1. The van der Waals surface area contributed by atoms with Crippen LogP contribution in [0.15, 0.2) is 54.7 Å². The van der Waals surface area contributed by atoms with E-state index in [1.54, 1.807) is 0 Å². The average Bonchev–Trinajstić information content (AvgIpc) is 2.90. The largest absolute Gasteiger partial charge is 0.350 e. The molecule has 0 spiro atoms. The summed E-state index contributed by atoms with van der Waals surface area (Å²) in [5.41, 5.74) is 3.63. The van der Waals surface area contributed by atoms with Gasteiger partial charge in [-0.25, -0.2) is 0 Å². The first kappa shape index (κ1) is 14.8. The summed E-state index contributed by atoms with van der Waals surface area (Å²) in [6.07, 6.45) is 3.35. The number of nitrogens with zero attached hydrogens (tertiary/aromatic N) is 2. The van der Waals surface area contributed by atoms with E-state index in [0.717, 1.165) is 11.0 Å². The Bertz CT molecular complexity index is 732. The number of rotatable bonds is 5. The van der Waals surface area contributed by atoms with Crippen LogP contribution in [0.25, 0.3) is 22.3 Å². The van der Waals surface area contributed by atoms with Gasteiger partial charge in [0.25, 0.3) is 0 Å². The standard InChI is InChI=1S/C19H24N3/c1-22(2,3)14-8-13-21-12-7-6-11-19(21)18-15-16-9-4-5-10-17(16)20-18/h4-7,9-12,15H,8,13-14H2,1-3H3/q+1/p+1. The van der Waals surface area contributed by atoms with Gasteiger partial charge in [0.15, 0.2) is 12.7 Å². The zero-order valence-electron chi connectivity index (χ0n) is 13.7. The molecule has 22 heavy (non-hydrogen) atoms. The van der Waals surface area contributed by atoms with Crippen LogP contribution in [0, 0.1) is 0 Å². The zero-order valence-corrected chi connectivity index (χ0v) is 13.7. The van der Waals surface area contributed by atoms with Crippen LogP contribution < -0.4 is 4.57 Å². The summed E-state index contributed by atoms with van der Waals surface area (Å²) < 4.78 is 3.36. The molecule has 3 heteroatoms. The number of aryl methyl sites for hydroxylation is 1. The lowest BCUT2D eigenvalue weighted by Crippen LogP contribution is -2.41. The minimum absolute atomic E-state index is 1.01. The maximum absolute atomic E-state index is 3.53. The lowest BCUT2D eigenvalue weighted by molar-refractivity contribution is -0.873. The predicted molar refractivity (Wildman–Crippen MR) is 91.4 cm³/mol. The molecule has 0 aliphatic rings. The van der Waals surface area contributed by atoms with Gasteiger partial charge in [0.05, 0.1) is 34.1 Å². The lowest BCUT2D eigenvalue weighted by atomic mass is 10.2. The third-order valence-corrected chi connectivity index (χ3v) is 3.97. The molecule has 0 unspecified atom stereocenters. The minimum Gasteiger partial charge on any atom is -0.350 e. The van der Waals surface area contributed by atoms with Gasteiger partial charge >= 0.3 is 0 Å². The third kappa shape index (κ3) is 3.37. The first-order chi connectivity index (χ1) is 10.5. The summed E-state index contributed by atoms with van der Waals surface area (Å²) in [4.78, 5) is 3.53. The third-order valence-electron chi connectivity index (χ3n) is 3.97. The molecule has 1 N–H and O–H groups in total. The van der Waals surface area contributed by atoms with Gasteiger partial charge in [-0.05, 0) is 18.2 Å². The highest BCUT2D eigenvalue weighted by Crippen LogP contribution is 2.21. The van der Waals surface area contributed by atoms with E-state index in [4.69, 9.17) is 0 Å². The van der Waals surface area contributed by atoms with Crippen molar-refractivity contribution in [3.05, 3.63) is 54.7 Å². The Kier molecular flexibility index (Phi) is 3.99. The molecule has 0 saturated heterocycles. The molecule has 0 aliphatic heterocycles. The summed E-state index contributed by atoms with van der Waals surface area (Å²) in [7, 11) is 6.73. The Morgan fingerprint density at radius 1 is 1.00 bits per heavy atom. The SMILES string of the molecule is C[N+](C)(C)CCC[n+]1ccccc1-c1cc2ccccc2[nH]1. The summed E-state index contributed by atoms with van der Waals surface area (Å²) in [5.74, 6) is 0. The number of pyridine rings is 1. The van der Waals surface area contributed by atoms with E-state index in [-0.39, 0.29) is 0 Å². The molecule has 0 radical (unpaired) electrons. The van der Waals surface area contributed by atoms with Crippen molar-refractivity contribution in [1.82, 2.24) is 4.98 Å². The van der Waals surface area contributed by atoms with Crippen molar-refractivity contribution in [2.75, 3.05) is 27.7 Å². The van der Waals surface area contributed by atoms with Crippen molar-refractivity contribution in [3.63, 3.8) is 0 Å². The zero-order chi connectivity index (χ0) is 15.6. The number of hydrogen-bond acceptors (Lipinski definition) is 0. The number of H-pyrrole nitrogens is 1. The summed E-state index contributed by atoms with van der Waals surface area (Å²) in [5, 5.41) is 1.26. The van der Waals surface area contributed by atoms with Crippen LogP contribution in [-0.2, 0) is 6.54 Å². The number of aromatic nitrogens is 2. The predicted octanol–water partition coefficient (Wildman–Crippen LogP) is 3.22. The Morgan fingerprint density at radius 3 is 2.55 bits per heavy atom. The normalized spacial score (nSPS) is 12.0. The molecule has 0 aliphatic carbocycles. The molecule has 114 valence electrons. The molecule has 3 nitrogen and oxygen atoms in total. The molecule has 3 rings (SSSR count). The van der Waals surface area contributed by atoms with Crippen molar-refractivity contribution < 1.29 is 9.05 Å². The Labute approximate surface area is 132 Å². The van der Waals surface area contributed by atoms with E-state index < -0.39 is 0 Å². The van der Waals surface area contributed by atoms with Gasteiger partial charge in [-0.15, -0.1) is 0 Å². The van der Waals surface area contributed by atoms with Crippen LogP contribution in [0.5, 0.6) is 0 Å². The van der Waals surface area contributed by atoms with Gasteiger partial charge in [0, 0.05) is 23.0 Å². The molecule has 2 heterocycles. The first-order valence-electron chi connectivity index (χ1n) is 7.90. The molecule has 0 atom stereocenters. The maximum atomic E-state index is 3.53. The highest BCUT2D eigenvalue weighted by Gasteiger charge is 2.16. The van der Waals surface area contributed by atoms with Crippen LogP contribution in [0.1, 0.15) is 6.42 Å². The van der Waals surface area contributed by atoms with Gasteiger partial charge in [-0.2, -0.15) is 4.57 Å². The first-order valence-corrected chi connectivity index (χ1v) is 7.90. The molecular formula is C19H25N3+2. The van der Waals surface area contributed by atoms with Crippen molar-refractivity contribution in [2.24, 2.45) is 0 Å². The Balaban J connectivity index is 1.87. The number of nitrogens with one attached hydrogen (secondary N) is 1. The molecule has 0 saturated carbocycles. The number of hydrogen-bond donors (Lipinski definition) is 1. The molecular weight excluding hydrogens is 270 g/mol. The van der Waals surface area contributed by atoms with Crippen LogP contribution in [0.2, 0.25) is 0 Å². The number of benzene rings is 1. The fourth-order valence-corrected chi connectivity index (χ4v) is 2.84. The highest BCUT2D eigenvalue weighted by molar-refractivity contribution is 5.84. The fourth-order valence-electron chi connectivity index (χ4n) is 2.84. The van der Waals surface area contributed by atoms with E-state index in [9.17, 15) is 0 Å². The van der Waals surface area contributed by atoms with Crippen molar-refractivity contribution in [2.45, 2.75) is 13.0 Å².